The highest BCUT2D eigenvalue weighted by molar-refractivity contribution is 7.89. The number of nitro groups is 1. The van der Waals surface area contributed by atoms with Gasteiger partial charge in [0, 0.05) is 19.7 Å². The Bertz CT molecular complexity index is 742. The van der Waals surface area contributed by atoms with E-state index in [1.807, 2.05) is 0 Å². The molecule has 0 aliphatic carbocycles. The van der Waals surface area contributed by atoms with Crippen LogP contribution in [-0.2, 0) is 14.8 Å². The van der Waals surface area contributed by atoms with Gasteiger partial charge in [-0.3, -0.25) is 10.1 Å². The fourth-order valence-electron chi connectivity index (χ4n) is 1.87. The van der Waals surface area contributed by atoms with E-state index in [2.05, 4.69) is 4.72 Å². The van der Waals surface area contributed by atoms with Crippen LogP contribution in [0, 0.1) is 10.1 Å². The smallest absolute Gasteiger partial charge is 0.289 e. The Morgan fingerprint density at radius 2 is 2.05 bits per heavy atom. The number of furan rings is 1. The number of hydrogen-bond acceptors (Lipinski definition) is 6. The zero-order chi connectivity index (χ0) is 16.2. The van der Waals surface area contributed by atoms with Crippen molar-refractivity contribution in [3.05, 3.63) is 58.5 Å². The summed E-state index contributed by atoms with van der Waals surface area (Å²) >= 11 is 0. The molecule has 0 aliphatic heterocycles. The molecule has 0 radical (unpaired) electrons. The van der Waals surface area contributed by atoms with Crippen LogP contribution in [0.3, 0.4) is 0 Å². The van der Waals surface area contributed by atoms with Gasteiger partial charge in [0.15, 0.2) is 4.90 Å². The number of benzene rings is 1. The Balaban J connectivity index is 2.20. The van der Waals surface area contributed by atoms with E-state index < -0.39 is 31.6 Å². The van der Waals surface area contributed by atoms with Crippen molar-refractivity contribution in [3.8, 4) is 0 Å². The minimum Gasteiger partial charge on any atom is -0.467 e. The Hall–Kier alpha value is -2.23. The van der Waals surface area contributed by atoms with E-state index >= 15 is 0 Å². The third-order valence-electron chi connectivity index (χ3n) is 2.96. The summed E-state index contributed by atoms with van der Waals surface area (Å²) in [7, 11) is -2.64. The van der Waals surface area contributed by atoms with Crippen molar-refractivity contribution in [3.63, 3.8) is 0 Å². The average molecular weight is 326 g/mol. The molecular weight excluding hydrogens is 312 g/mol. The van der Waals surface area contributed by atoms with Gasteiger partial charge in [0.2, 0.25) is 10.0 Å². The summed E-state index contributed by atoms with van der Waals surface area (Å²) in [6.45, 7) is -0.113. The molecule has 8 nitrogen and oxygen atoms in total. The maximum absolute atomic E-state index is 12.2. The van der Waals surface area contributed by atoms with Gasteiger partial charge in [-0.15, -0.1) is 0 Å². The van der Waals surface area contributed by atoms with Crippen LogP contribution in [0.5, 0.6) is 0 Å². The van der Waals surface area contributed by atoms with Crippen molar-refractivity contribution in [1.82, 2.24) is 4.72 Å². The first kappa shape index (κ1) is 16.1. The van der Waals surface area contributed by atoms with E-state index in [1.165, 1.54) is 31.6 Å². The number of ether oxygens (including phenoxy) is 1. The molecule has 1 aromatic heterocycles. The SMILES string of the molecule is COC(CNS(=O)(=O)c1ccccc1[N+](=O)[O-])c1ccco1. The lowest BCUT2D eigenvalue weighted by atomic mass is 10.3. The number of sulfonamides is 1. The van der Waals surface area contributed by atoms with E-state index in [0.29, 0.717) is 5.76 Å². The molecule has 0 aliphatic rings. The molecule has 0 fully saturated rings. The second-order valence-corrected chi connectivity index (χ2v) is 6.05. The van der Waals surface area contributed by atoms with E-state index in [9.17, 15) is 18.5 Å². The number of methoxy groups -OCH3 is 1. The largest absolute Gasteiger partial charge is 0.467 e. The summed E-state index contributed by atoms with van der Waals surface area (Å²) in [5.41, 5.74) is -0.484. The Morgan fingerprint density at radius 3 is 2.64 bits per heavy atom. The molecule has 1 N–H and O–H groups in total. The molecule has 0 saturated heterocycles. The van der Waals surface area contributed by atoms with Crippen LogP contribution in [0.1, 0.15) is 11.9 Å². The number of para-hydroxylation sites is 1. The molecule has 1 atom stereocenters. The van der Waals surface area contributed by atoms with Gasteiger partial charge in [0.05, 0.1) is 11.2 Å². The summed E-state index contributed by atoms with van der Waals surface area (Å²) < 4.78 is 37.1. The first-order valence-electron chi connectivity index (χ1n) is 6.25. The standard InChI is InChI=1S/C13H14N2O6S/c1-20-12(11-6-4-8-21-11)9-14-22(18,19)13-7-3-2-5-10(13)15(16)17/h2-8,12,14H,9H2,1H3. The zero-order valence-electron chi connectivity index (χ0n) is 11.6. The van der Waals surface area contributed by atoms with Crippen LogP contribution in [0.4, 0.5) is 5.69 Å². The van der Waals surface area contributed by atoms with Crippen molar-refractivity contribution in [2.24, 2.45) is 0 Å². The molecule has 0 spiro atoms. The minimum atomic E-state index is -4.05. The lowest BCUT2D eigenvalue weighted by Crippen LogP contribution is -2.29. The van der Waals surface area contributed by atoms with Crippen molar-refractivity contribution in [1.29, 1.82) is 0 Å². The first-order valence-corrected chi connectivity index (χ1v) is 7.73. The van der Waals surface area contributed by atoms with Crippen LogP contribution in [-0.4, -0.2) is 27.0 Å². The second kappa shape index (κ2) is 6.69. The van der Waals surface area contributed by atoms with Gasteiger partial charge < -0.3 is 9.15 Å². The topological polar surface area (TPSA) is 112 Å². The van der Waals surface area contributed by atoms with E-state index in [0.717, 1.165) is 6.07 Å². The van der Waals surface area contributed by atoms with E-state index in [4.69, 9.17) is 9.15 Å². The molecule has 2 aromatic rings. The van der Waals surface area contributed by atoms with Gasteiger partial charge in [-0.05, 0) is 18.2 Å². The third-order valence-corrected chi connectivity index (χ3v) is 4.43. The first-order chi connectivity index (χ1) is 10.5. The van der Waals surface area contributed by atoms with Crippen molar-refractivity contribution in [2.75, 3.05) is 13.7 Å². The van der Waals surface area contributed by atoms with Gasteiger partial charge in [0.1, 0.15) is 11.9 Å². The number of nitrogens with one attached hydrogen (secondary N) is 1. The molecule has 22 heavy (non-hydrogen) atoms. The van der Waals surface area contributed by atoms with Crippen LogP contribution in [0.25, 0.3) is 0 Å². The predicted octanol–water partition coefficient (Wildman–Crippen LogP) is 1.85. The quantitative estimate of drug-likeness (QED) is 0.614. The minimum absolute atomic E-state index is 0.113. The van der Waals surface area contributed by atoms with Crippen LogP contribution >= 0.6 is 0 Å². The van der Waals surface area contributed by atoms with Gasteiger partial charge in [-0.1, -0.05) is 12.1 Å². The molecule has 9 heteroatoms. The van der Waals surface area contributed by atoms with Crippen molar-refractivity contribution < 1.29 is 22.5 Å². The normalized spacial score (nSPS) is 13.0. The molecule has 1 unspecified atom stereocenters. The van der Waals surface area contributed by atoms with Crippen LogP contribution in [0.2, 0.25) is 0 Å². The summed E-state index contributed by atoms with van der Waals surface area (Å²) in [4.78, 5) is 9.79. The lowest BCUT2D eigenvalue weighted by molar-refractivity contribution is -0.387. The number of hydrogen-bond donors (Lipinski definition) is 1. The number of nitro benzene ring substituents is 1. The fourth-order valence-corrected chi connectivity index (χ4v) is 3.07. The lowest BCUT2D eigenvalue weighted by Gasteiger charge is -2.14. The Morgan fingerprint density at radius 1 is 1.32 bits per heavy atom. The summed E-state index contributed by atoms with van der Waals surface area (Å²) in [5.74, 6) is 0.452. The maximum atomic E-state index is 12.2. The molecule has 0 amide bonds. The molecule has 1 aromatic carbocycles. The zero-order valence-corrected chi connectivity index (χ0v) is 12.4. The highest BCUT2D eigenvalue weighted by Gasteiger charge is 2.26. The highest BCUT2D eigenvalue weighted by atomic mass is 32.2. The summed E-state index contributed by atoms with van der Waals surface area (Å²) in [5, 5.41) is 10.9. The Labute approximate surface area is 126 Å². The van der Waals surface area contributed by atoms with E-state index in [-0.39, 0.29) is 6.54 Å². The summed E-state index contributed by atoms with van der Waals surface area (Å²) in [6, 6.07) is 8.43. The fraction of sp³-hybridized carbons (Fsp3) is 0.231. The van der Waals surface area contributed by atoms with E-state index in [1.54, 1.807) is 12.1 Å². The monoisotopic (exact) mass is 326 g/mol. The molecule has 2 rings (SSSR count). The number of rotatable bonds is 7. The predicted molar refractivity (Wildman–Crippen MR) is 76.7 cm³/mol. The van der Waals surface area contributed by atoms with Gasteiger partial charge in [-0.2, -0.15) is 0 Å². The van der Waals surface area contributed by atoms with Gasteiger partial charge in [0.25, 0.3) is 5.69 Å². The molecular formula is C13H14N2O6S. The average Bonchev–Trinajstić information content (AvgIpc) is 3.02. The Kier molecular flexibility index (Phi) is 4.91. The second-order valence-electron chi connectivity index (χ2n) is 4.32. The molecule has 118 valence electrons. The number of nitrogens with zero attached hydrogens (tertiary/aromatic N) is 1. The molecule has 0 bridgehead atoms. The summed E-state index contributed by atoms with van der Waals surface area (Å²) in [6.07, 6.45) is 0.810. The third kappa shape index (κ3) is 3.50. The van der Waals surface area contributed by atoms with Crippen LogP contribution < -0.4 is 4.72 Å². The molecule has 1 heterocycles. The van der Waals surface area contributed by atoms with Crippen molar-refractivity contribution in [2.45, 2.75) is 11.0 Å². The molecule has 0 saturated carbocycles. The highest BCUT2D eigenvalue weighted by Crippen LogP contribution is 2.23. The maximum Gasteiger partial charge on any atom is 0.289 e. The van der Waals surface area contributed by atoms with Crippen molar-refractivity contribution >= 4 is 15.7 Å². The van der Waals surface area contributed by atoms with Gasteiger partial charge in [-0.25, -0.2) is 13.1 Å². The van der Waals surface area contributed by atoms with Gasteiger partial charge >= 0.3 is 0 Å². The van der Waals surface area contributed by atoms with Crippen LogP contribution in [0.15, 0.2) is 52.0 Å².